The normalized spacial score (nSPS) is 15.9. The average Bonchev–Trinajstić information content (AvgIpc) is 3.17. The zero-order valence-electron chi connectivity index (χ0n) is 17.6. The van der Waals surface area contributed by atoms with Crippen LogP contribution in [0, 0.1) is 5.82 Å². The number of amides is 1. The molecule has 0 spiro atoms. The smallest absolute Gasteiger partial charge is 0.265 e. The van der Waals surface area contributed by atoms with Crippen LogP contribution in [-0.2, 0) is 16.1 Å². The van der Waals surface area contributed by atoms with Crippen molar-refractivity contribution >= 4 is 17.5 Å². The summed E-state index contributed by atoms with van der Waals surface area (Å²) in [6.45, 7) is 1.24. The van der Waals surface area contributed by atoms with Crippen molar-refractivity contribution in [1.82, 2.24) is 19.7 Å². The van der Waals surface area contributed by atoms with Gasteiger partial charge in [-0.05, 0) is 18.2 Å². The first-order valence-electron chi connectivity index (χ1n) is 10.0. The van der Waals surface area contributed by atoms with Gasteiger partial charge in [-0.1, -0.05) is 0 Å². The molecule has 1 aromatic carbocycles. The van der Waals surface area contributed by atoms with E-state index in [0.717, 1.165) is 5.69 Å². The lowest BCUT2D eigenvalue weighted by Gasteiger charge is -2.46. The Bertz CT molecular complexity index is 1150. The van der Waals surface area contributed by atoms with E-state index in [0.29, 0.717) is 42.2 Å². The molecule has 2 aliphatic rings. The van der Waals surface area contributed by atoms with Crippen LogP contribution in [0.5, 0.6) is 11.6 Å². The number of halogens is 1. The van der Waals surface area contributed by atoms with Gasteiger partial charge < -0.3 is 19.1 Å². The Hall–Kier alpha value is -3.73. The maximum absolute atomic E-state index is 13.6. The molecule has 0 saturated carbocycles. The van der Waals surface area contributed by atoms with Crippen LogP contribution in [0.3, 0.4) is 0 Å². The van der Waals surface area contributed by atoms with E-state index in [4.69, 9.17) is 14.2 Å². The summed E-state index contributed by atoms with van der Waals surface area (Å²) >= 11 is 0. The predicted molar refractivity (Wildman–Crippen MR) is 112 cm³/mol. The van der Waals surface area contributed by atoms with Gasteiger partial charge in [-0.2, -0.15) is 0 Å². The number of methoxy groups -OCH3 is 2. The van der Waals surface area contributed by atoms with Gasteiger partial charge in [0.25, 0.3) is 5.91 Å². The molecule has 2 aromatic heterocycles. The number of benzene rings is 1. The van der Waals surface area contributed by atoms with Crippen LogP contribution in [0.1, 0.15) is 5.82 Å². The van der Waals surface area contributed by atoms with Gasteiger partial charge in [-0.15, -0.1) is 10.2 Å². The lowest BCUT2D eigenvalue weighted by molar-refractivity contribution is -0.122. The molecule has 1 fully saturated rings. The van der Waals surface area contributed by atoms with Gasteiger partial charge in [-0.3, -0.25) is 14.3 Å². The van der Waals surface area contributed by atoms with Crippen molar-refractivity contribution in [2.24, 2.45) is 0 Å². The number of nitrogens with zero attached hydrogens (tertiary/aromatic N) is 6. The molecule has 0 N–H and O–H groups in total. The summed E-state index contributed by atoms with van der Waals surface area (Å²) in [7, 11) is 3.15. The number of anilines is 2. The molecule has 2 aliphatic heterocycles. The Morgan fingerprint density at radius 1 is 1.19 bits per heavy atom. The molecule has 32 heavy (non-hydrogen) atoms. The highest BCUT2D eigenvalue weighted by Gasteiger charge is 2.41. The van der Waals surface area contributed by atoms with Crippen LogP contribution < -0.4 is 19.3 Å². The summed E-state index contributed by atoms with van der Waals surface area (Å²) in [5.74, 6) is 1.57. The number of carbonyl (C=O) groups is 1. The second-order valence-corrected chi connectivity index (χ2v) is 7.47. The van der Waals surface area contributed by atoms with Crippen LogP contribution in [0.4, 0.5) is 16.0 Å². The predicted octanol–water partition coefficient (Wildman–Crippen LogP) is 1.57. The van der Waals surface area contributed by atoms with Crippen molar-refractivity contribution in [3.8, 4) is 17.3 Å². The molecule has 10 nitrogen and oxygen atoms in total. The Morgan fingerprint density at radius 2 is 2.03 bits per heavy atom. The van der Waals surface area contributed by atoms with Crippen molar-refractivity contribution in [1.29, 1.82) is 0 Å². The second kappa shape index (κ2) is 8.08. The number of hydrogen-bond acceptors (Lipinski definition) is 8. The van der Waals surface area contributed by atoms with E-state index in [2.05, 4.69) is 15.2 Å². The molecule has 11 heteroatoms. The Balaban J connectivity index is 1.41. The lowest BCUT2D eigenvalue weighted by Crippen LogP contribution is -2.63. The standard InChI is InChI=1S/C21H21FN6O4/c1-30-11-18-24-25-21(28(18)14-4-6-19(31-2)23-8-14)26-9-15(10-26)27-16-5-3-13(22)7-17(16)32-12-20(27)29/h3-8,15H,9-12H2,1-2H3. The number of carbonyl (C=O) groups excluding carboxylic acids is 1. The first-order valence-corrected chi connectivity index (χ1v) is 10.0. The molecule has 0 aliphatic carbocycles. The van der Waals surface area contributed by atoms with Crippen LogP contribution in [0.25, 0.3) is 5.69 Å². The fraction of sp³-hybridized carbons (Fsp3) is 0.333. The van der Waals surface area contributed by atoms with E-state index >= 15 is 0 Å². The number of fused-ring (bicyclic) bond motifs is 1. The van der Waals surface area contributed by atoms with E-state index in [9.17, 15) is 9.18 Å². The number of pyridine rings is 1. The topological polar surface area (TPSA) is 94.8 Å². The van der Waals surface area contributed by atoms with Crippen molar-refractivity contribution in [2.45, 2.75) is 12.6 Å². The third kappa shape index (κ3) is 3.40. The molecule has 1 saturated heterocycles. The summed E-state index contributed by atoms with van der Waals surface area (Å²) in [5.41, 5.74) is 1.35. The average molecular weight is 440 g/mol. The SMILES string of the molecule is COCc1nnc(N2CC(N3C(=O)COc4cc(F)ccc43)C2)n1-c1ccc(OC)nc1. The van der Waals surface area contributed by atoms with E-state index in [-0.39, 0.29) is 25.2 Å². The largest absolute Gasteiger partial charge is 0.481 e. The first-order chi connectivity index (χ1) is 15.6. The zero-order chi connectivity index (χ0) is 22.2. The highest BCUT2D eigenvalue weighted by atomic mass is 19.1. The minimum absolute atomic E-state index is 0.0966. The number of aromatic nitrogens is 4. The molecule has 0 radical (unpaired) electrons. The van der Waals surface area contributed by atoms with Gasteiger partial charge in [-0.25, -0.2) is 9.37 Å². The molecule has 5 rings (SSSR count). The maximum atomic E-state index is 13.6. The van der Waals surface area contributed by atoms with Gasteiger partial charge in [0, 0.05) is 32.3 Å². The van der Waals surface area contributed by atoms with E-state index in [1.807, 2.05) is 15.5 Å². The molecule has 0 atom stereocenters. The van der Waals surface area contributed by atoms with Gasteiger partial charge in [0.05, 0.1) is 30.7 Å². The summed E-state index contributed by atoms with van der Waals surface area (Å²) in [5, 5.41) is 8.62. The molecular weight excluding hydrogens is 419 g/mol. The minimum atomic E-state index is -0.403. The quantitative estimate of drug-likeness (QED) is 0.570. The number of hydrogen-bond donors (Lipinski definition) is 0. The highest BCUT2D eigenvalue weighted by Crippen LogP contribution is 2.37. The lowest BCUT2D eigenvalue weighted by atomic mass is 10.1. The summed E-state index contributed by atoms with van der Waals surface area (Å²) in [4.78, 5) is 20.6. The molecule has 3 aromatic rings. The highest BCUT2D eigenvalue weighted by molar-refractivity contribution is 5.98. The molecule has 0 unspecified atom stereocenters. The second-order valence-electron chi connectivity index (χ2n) is 7.47. The fourth-order valence-electron chi connectivity index (χ4n) is 3.95. The van der Waals surface area contributed by atoms with Crippen LogP contribution >= 0.6 is 0 Å². The van der Waals surface area contributed by atoms with Gasteiger partial charge in [0.15, 0.2) is 12.4 Å². The van der Waals surface area contributed by atoms with Crippen LogP contribution in [0.2, 0.25) is 0 Å². The monoisotopic (exact) mass is 440 g/mol. The Morgan fingerprint density at radius 3 is 2.75 bits per heavy atom. The number of ether oxygens (including phenoxy) is 3. The fourth-order valence-corrected chi connectivity index (χ4v) is 3.95. The third-order valence-electron chi connectivity index (χ3n) is 5.49. The van der Waals surface area contributed by atoms with Gasteiger partial charge in [0.1, 0.15) is 18.2 Å². The molecule has 0 bridgehead atoms. The number of rotatable bonds is 6. The zero-order valence-corrected chi connectivity index (χ0v) is 17.6. The third-order valence-corrected chi connectivity index (χ3v) is 5.49. The Kier molecular flexibility index (Phi) is 5.10. The van der Waals surface area contributed by atoms with Crippen molar-refractivity contribution in [2.75, 3.05) is 43.7 Å². The summed E-state index contributed by atoms with van der Waals surface area (Å²) < 4.78 is 31.3. The first kappa shape index (κ1) is 20.2. The Labute approximate surface area is 183 Å². The van der Waals surface area contributed by atoms with Crippen LogP contribution in [-0.4, -0.2) is 65.6 Å². The summed E-state index contributed by atoms with van der Waals surface area (Å²) in [6.07, 6.45) is 1.68. The van der Waals surface area contributed by atoms with Crippen molar-refractivity contribution in [3.63, 3.8) is 0 Å². The van der Waals surface area contributed by atoms with Gasteiger partial charge in [0.2, 0.25) is 11.8 Å². The minimum Gasteiger partial charge on any atom is -0.481 e. The molecule has 166 valence electrons. The van der Waals surface area contributed by atoms with E-state index in [1.165, 1.54) is 12.1 Å². The van der Waals surface area contributed by atoms with Crippen molar-refractivity contribution in [3.05, 3.63) is 48.2 Å². The van der Waals surface area contributed by atoms with E-state index < -0.39 is 5.82 Å². The van der Waals surface area contributed by atoms with Crippen molar-refractivity contribution < 1.29 is 23.4 Å². The molecular formula is C21H21FN6O4. The molecule has 4 heterocycles. The van der Waals surface area contributed by atoms with Gasteiger partial charge >= 0.3 is 0 Å². The summed E-state index contributed by atoms with van der Waals surface area (Å²) in [6, 6.07) is 7.74. The molecule has 1 amide bonds. The maximum Gasteiger partial charge on any atom is 0.265 e. The van der Waals surface area contributed by atoms with Crippen LogP contribution in [0.15, 0.2) is 36.5 Å². The van der Waals surface area contributed by atoms with E-state index in [1.54, 1.807) is 37.4 Å².